The largest absolute Gasteiger partial charge is 0.369 e. The number of anilines is 1. The van der Waals surface area contributed by atoms with E-state index in [0.29, 0.717) is 23.6 Å². The van der Waals surface area contributed by atoms with Gasteiger partial charge in [0.25, 0.3) is 0 Å². The summed E-state index contributed by atoms with van der Waals surface area (Å²) in [6.45, 7) is 2.37. The number of aromatic nitrogens is 2. The normalized spacial score (nSPS) is 11.1. The Labute approximate surface area is 110 Å². The Hall–Kier alpha value is -2.36. The van der Waals surface area contributed by atoms with Gasteiger partial charge in [-0.1, -0.05) is 30.3 Å². The fourth-order valence-electron chi connectivity index (χ4n) is 2.20. The van der Waals surface area contributed by atoms with Crippen LogP contribution in [0.25, 0.3) is 11.0 Å². The van der Waals surface area contributed by atoms with Crippen LogP contribution in [0.2, 0.25) is 0 Å². The van der Waals surface area contributed by atoms with Gasteiger partial charge in [-0.25, -0.2) is 9.37 Å². The van der Waals surface area contributed by atoms with Crippen molar-refractivity contribution in [2.75, 3.05) is 5.73 Å². The lowest BCUT2D eigenvalue weighted by Crippen LogP contribution is -2.04. The average molecular weight is 255 g/mol. The highest BCUT2D eigenvalue weighted by Gasteiger charge is 2.11. The molecule has 19 heavy (non-hydrogen) atoms. The van der Waals surface area contributed by atoms with E-state index in [1.54, 1.807) is 13.0 Å². The Kier molecular flexibility index (Phi) is 2.71. The van der Waals surface area contributed by atoms with Crippen molar-refractivity contribution < 1.29 is 4.39 Å². The maximum Gasteiger partial charge on any atom is 0.201 e. The monoisotopic (exact) mass is 255 g/mol. The number of nitrogen functional groups attached to an aromatic ring is 1. The van der Waals surface area contributed by atoms with Crippen LogP contribution in [-0.4, -0.2) is 9.55 Å². The van der Waals surface area contributed by atoms with E-state index >= 15 is 0 Å². The molecule has 3 nitrogen and oxygen atoms in total. The lowest BCUT2D eigenvalue weighted by molar-refractivity contribution is 0.620. The molecule has 1 aromatic heterocycles. The molecule has 0 saturated carbocycles. The number of hydrogen-bond donors (Lipinski definition) is 1. The van der Waals surface area contributed by atoms with E-state index in [1.807, 2.05) is 34.9 Å². The molecule has 0 atom stereocenters. The minimum atomic E-state index is -0.253. The molecule has 3 aromatic rings. The van der Waals surface area contributed by atoms with Crippen molar-refractivity contribution in [3.63, 3.8) is 0 Å². The second-order valence-corrected chi connectivity index (χ2v) is 4.63. The van der Waals surface area contributed by atoms with Gasteiger partial charge < -0.3 is 10.3 Å². The first-order chi connectivity index (χ1) is 9.15. The number of benzene rings is 2. The van der Waals surface area contributed by atoms with Gasteiger partial charge in [0.15, 0.2) is 0 Å². The fraction of sp³-hybridized carbons (Fsp3) is 0.133. The zero-order chi connectivity index (χ0) is 13.4. The van der Waals surface area contributed by atoms with Gasteiger partial charge in [-0.15, -0.1) is 0 Å². The van der Waals surface area contributed by atoms with Crippen LogP contribution in [0, 0.1) is 12.7 Å². The highest BCUT2D eigenvalue weighted by Crippen LogP contribution is 2.22. The average Bonchev–Trinajstić information content (AvgIpc) is 2.68. The molecule has 0 aliphatic carbocycles. The summed E-state index contributed by atoms with van der Waals surface area (Å²) < 4.78 is 15.4. The predicted molar refractivity (Wildman–Crippen MR) is 74.4 cm³/mol. The topological polar surface area (TPSA) is 43.8 Å². The van der Waals surface area contributed by atoms with Crippen LogP contribution in [0.4, 0.5) is 10.3 Å². The standard InChI is InChI=1S/C15H14FN3/c1-10-7-14-13(8-12(10)16)18-15(17)19(14)9-11-5-3-2-4-6-11/h2-8H,9H2,1H3,(H2,17,18). The Morgan fingerprint density at radius 1 is 1.21 bits per heavy atom. The molecule has 0 spiro atoms. The zero-order valence-electron chi connectivity index (χ0n) is 10.6. The minimum absolute atomic E-state index is 0.253. The first-order valence-electron chi connectivity index (χ1n) is 6.11. The SMILES string of the molecule is Cc1cc2c(cc1F)nc(N)n2Cc1ccccc1. The third-order valence-electron chi connectivity index (χ3n) is 3.24. The van der Waals surface area contributed by atoms with Crippen LogP contribution < -0.4 is 5.73 Å². The molecular weight excluding hydrogens is 241 g/mol. The van der Waals surface area contributed by atoms with Crippen molar-refractivity contribution in [2.45, 2.75) is 13.5 Å². The van der Waals surface area contributed by atoms with E-state index in [4.69, 9.17) is 5.73 Å². The molecule has 0 fully saturated rings. The lowest BCUT2D eigenvalue weighted by atomic mass is 10.2. The van der Waals surface area contributed by atoms with Crippen molar-refractivity contribution >= 4 is 17.0 Å². The molecule has 96 valence electrons. The molecule has 2 aromatic carbocycles. The van der Waals surface area contributed by atoms with E-state index in [2.05, 4.69) is 4.98 Å². The third kappa shape index (κ3) is 2.05. The first-order valence-corrected chi connectivity index (χ1v) is 6.11. The number of aryl methyl sites for hydroxylation is 1. The first kappa shape index (κ1) is 11.7. The van der Waals surface area contributed by atoms with Crippen molar-refractivity contribution in [3.05, 3.63) is 59.4 Å². The van der Waals surface area contributed by atoms with E-state index in [0.717, 1.165) is 11.1 Å². The van der Waals surface area contributed by atoms with Gasteiger partial charge in [0, 0.05) is 6.07 Å². The second-order valence-electron chi connectivity index (χ2n) is 4.63. The van der Waals surface area contributed by atoms with E-state index < -0.39 is 0 Å². The van der Waals surface area contributed by atoms with Crippen molar-refractivity contribution in [3.8, 4) is 0 Å². The summed E-state index contributed by atoms with van der Waals surface area (Å²) in [6, 6.07) is 13.2. The smallest absolute Gasteiger partial charge is 0.201 e. The quantitative estimate of drug-likeness (QED) is 0.764. The maximum atomic E-state index is 13.5. The van der Waals surface area contributed by atoms with Gasteiger partial charge in [-0.3, -0.25) is 0 Å². The van der Waals surface area contributed by atoms with Crippen LogP contribution in [0.15, 0.2) is 42.5 Å². The fourth-order valence-corrected chi connectivity index (χ4v) is 2.20. The number of nitrogens with zero attached hydrogens (tertiary/aromatic N) is 2. The van der Waals surface area contributed by atoms with Crippen molar-refractivity contribution in [1.82, 2.24) is 9.55 Å². The number of nitrogens with two attached hydrogens (primary N) is 1. The summed E-state index contributed by atoms with van der Waals surface area (Å²) in [5, 5.41) is 0. The van der Waals surface area contributed by atoms with Crippen molar-refractivity contribution in [1.29, 1.82) is 0 Å². The highest BCUT2D eigenvalue weighted by molar-refractivity contribution is 5.79. The number of fused-ring (bicyclic) bond motifs is 1. The van der Waals surface area contributed by atoms with Gasteiger partial charge in [-0.05, 0) is 24.1 Å². The van der Waals surface area contributed by atoms with Gasteiger partial charge in [-0.2, -0.15) is 0 Å². The Morgan fingerprint density at radius 2 is 1.95 bits per heavy atom. The molecule has 3 rings (SSSR count). The summed E-state index contributed by atoms with van der Waals surface area (Å²) >= 11 is 0. The van der Waals surface area contributed by atoms with Gasteiger partial charge in [0.2, 0.25) is 5.95 Å². The maximum absolute atomic E-state index is 13.5. The minimum Gasteiger partial charge on any atom is -0.369 e. The Bertz CT molecular complexity index is 732. The summed E-state index contributed by atoms with van der Waals surface area (Å²) in [4.78, 5) is 4.21. The molecule has 0 radical (unpaired) electrons. The number of halogens is 1. The molecule has 0 bridgehead atoms. The molecule has 4 heteroatoms. The molecule has 0 aliphatic heterocycles. The number of hydrogen-bond acceptors (Lipinski definition) is 2. The highest BCUT2D eigenvalue weighted by atomic mass is 19.1. The Balaban J connectivity index is 2.13. The van der Waals surface area contributed by atoms with Gasteiger partial charge in [0.1, 0.15) is 5.82 Å². The van der Waals surface area contributed by atoms with Crippen LogP contribution >= 0.6 is 0 Å². The molecule has 2 N–H and O–H groups in total. The second kappa shape index (κ2) is 4.39. The summed E-state index contributed by atoms with van der Waals surface area (Å²) in [6.07, 6.45) is 0. The molecule has 0 unspecified atom stereocenters. The molecule has 0 aliphatic rings. The van der Waals surface area contributed by atoms with Gasteiger partial charge in [0.05, 0.1) is 17.6 Å². The van der Waals surface area contributed by atoms with E-state index in [-0.39, 0.29) is 5.82 Å². The lowest BCUT2D eigenvalue weighted by Gasteiger charge is -2.07. The molecule has 0 saturated heterocycles. The van der Waals surface area contributed by atoms with Crippen LogP contribution in [0.3, 0.4) is 0 Å². The van der Waals surface area contributed by atoms with Gasteiger partial charge >= 0.3 is 0 Å². The van der Waals surface area contributed by atoms with E-state index in [9.17, 15) is 4.39 Å². The van der Waals surface area contributed by atoms with Crippen LogP contribution in [0.1, 0.15) is 11.1 Å². The van der Waals surface area contributed by atoms with Crippen LogP contribution in [0.5, 0.6) is 0 Å². The zero-order valence-corrected chi connectivity index (χ0v) is 10.6. The number of imidazole rings is 1. The molecular formula is C15H14FN3. The number of rotatable bonds is 2. The molecule has 0 amide bonds. The summed E-state index contributed by atoms with van der Waals surface area (Å²) in [5.41, 5.74) is 9.12. The van der Waals surface area contributed by atoms with Crippen LogP contribution in [-0.2, 0) is 6.54 Å². The summed E-state index contributed by atoms with van der Waals surface area (Å²) in [5.74, 6) is 0.153. The summed E-state index contributed by atoms with van der Waals surface area (Å²) in [7, 11) is 0. The third-order valence-corrected chi connectivity index (χ3v) is 3.24. The predicted octanol–water partition coefficient (Wildman–Crippen LogP) is 3.11. The van der Waals surface area contributed by atoms with E-state index in [1.165, 1.54) is 6.07 Å². The molecule has 1 heterocycles. The van der Waals surface area contributed by atoms with Crippen molar-refractivity contribution in [2.24, 2.45) is 0 Å². The Morgan fingerprint density at radius 3 is 2.68 bits per heavy atom.